The fourth-order valence-corrected chi connectivity index (χ4v) is 6.55. The predicted molar refractivity (Wildman–Crippen MR) is 116 cm³/mol. The number of hydrogen-bond donors (Lipinski definition) is 0. The molecule has 0 spiro atoms. The minimum atomic E-state index is -4.58. The van der Waals surface area contributed by atoms with E-state index in [9.17, 15) is 26.6 Å². The van der Waals surface area contributed by atoms with Gasteiger partial charge in [-0.1, -0.05) is 0 Å². The number of hydrogen-bond acceptors (Lipinski definition) is 6. The van der Waals surface area contributed by atoms with Crippen LogP contribution in [0.25, 0.3) is 0 Å². The molecule has 6 nitrogen and oxygen atoms in total. The third-order valence-corrected chi connectivity index (χ3v) is 8.80. The lowest BCUT2D eigenvalue weighted by atomic mass is 9.98. The summed E-state index contributed by atoms with van der Waals surface area (Å²) >= 11 is 0.937. The van der Waals surface area contributed by atoms with Gasteiger partial charge >= 0.3 is 6.18 Å². The van der Waals surface area contributed by atoms with Gasteiger partial charge in [-0.3, -0.25) is 9.00 Å². The summed E-state index contributed by atoms with van der Waals surface area (Å²) in [6.45, 7) is 0.918. The Balaban J connectivity index is 1.55. The number of alkyl halides is 3. The summed E-state index contributed by atoms with van der Waals surface area (Å²) in [7, 11) is -2.12. The Morgan fingerprint density at radius 1 is 1.16 bits per heavy atom. The largest absolute Gasteiger partial charge is 0.434 e. The first-order valence-corrected chi connectivity index (χ1v) is 12.9. The summed E-state index contributed by atoms with van der Waals surface area (Å²) in [5, 5.41) is -0.381. The first-order valence-electron chi connectivity index (χ1n) is 10.1. The average Bonchev–Trinajstić information content (AvgIpc) is 3.18. The van der Waals surface area contributed by atoms with Crippen LogP contribution in [0.3, 0.4) is 0 Å². The van der Waals surface area contributed by atoms with Crippen molar-refractivity contribution in [1.29, 1.82) is 0 Å². The minimum absolute atomic E-state index is 0.0724. The summed E-state index contributed by atoms with van der Waals surface area (Å²) in [5.74, 6) is 4.48. The molecule has 1 atom stereocenters. The molecular weight excluding hydrogens is 468 g/mol. The summed E-state index contributed by atoms with van der Waals surface area (Å²) in [6.07, 6.45) is -1.83. The lowest BCUT2D eigenvalue weighted by Gasteiger charge is -2.43. The Bertz CT molecular complexity index is 1070. The van der Waals surface area contributed by atoms with Crippen molar-refractivity contribution in [3.63, 3.8) is 0 Å². The van der Waals surface area contributed by atoms with Gasteiger partial charge in [-0.2, -0.15) is 17.6 Å². The Morgan fingerprint density at radius 3 is 2.44 bits per heavy atom. The molecule has 0 saturated carbocycles. The Morgan fingerprint density at radius 2 is 1.88 bits per heavy atom. The van der Waals surface area contributed by atoms with E-state index in [0.29, 0.717) is 48.5 Å². The summed E-state index contributed by atoms with van der Waals surface area (Å²) in [5.41, 5.74) is -1.08. The van der Waals surface area contributed by atoms with Gasteiger partial charge in [0.2, 0.25) is 5.91 Å². The first-order chi connectivity index (χ1) is 15.0. The number of carbonyl (C=O) groups is 1. The van der Waals surface area contributed by atoms with Gasteiger partial charge in [0.25, 0.3) is 0 Å². The maximum atomic E-state index is 13.8. The van der Waals surface area contributed by atoms with Gasteiger partial charge in [0.05, 0.1) is 18.4 Å². The van der Waals surface area contributed by atoms with Crippen molar-refractivity contribution in [2.75, 3.05) is 36.0 Å². The highest BCUT2D eigenvalue weighted by Crippen LogP contribution is 2.35. The molecule has 0 aromatic carbocycles. The molecule has 2 aliphatic heterocycles. The summed E-state index contributed by atoms with van der Waals surface area (Å²) in [4.78, 5) is 24.8. The molecule has 12 heteroatoms. The monoisotopic (exact) mass is 490 g/mol. The molecule has 2 fully saturated rings. The molecule has 2 aliphatic rings. The molecule has 0 N–H and O–H groups in total. The molecular formula is C20H22F4N4O2S2. The van der Waals surface area contributed by atoms with Gasteiger partial charge in [0.15, 0.2) is 10.8 Å². The number of aromatic nitrogens is 2. The fraction of sp³-hybridized carbons (Fsp3) is 0.500. The van der Waals surface area contributed by atoms with Crippen LogP contribution in [0.4, 0.5) is 23.4 Å². The molecule has 4 heterocycles. The zero-order chi connectivity index (χ0) is 23.1. The van der Waals surface area contributed by atoms with Crippen molar-refractivity contribution in [3.8, 4) is 0 Å². The van der Waals surface area contributed by atoms with Gasteiger partial charge < -0.3 is 9.80 Å². The van der Waals surface area contributed by atoms with Gasteiger partial charge in [-0.05, 0) is 40.4 Å². The van der Waals surface area contributed by atoms with Crippen LogP contribution >= 0.6 is 11.3 Å². The van der Waals surface area contributed by atoms with Crippen LogP contribution in [-0.2, 0) is 20.5 Å². The van der Waals surface area contributed by atoms with Crippen LogP contribution < -0.4 is 4.90 Å². The van der Waals surface area contributed by atoms with Crippen LogP contribution in [0.5, 0.6) is 0 Å². The first kappa shape index (κ1) is 23.0. The maximum Gasteiger partial charge on any atom is 0.434 e. The van der Waals surface area contributed by atoms with Gasteiger partial charge in [-0.15, -0.1) is 11.3 Å². The van der Waals surface area contributed by atoms with Crippen LogP contribution in [-0.4, -0.2) is 62.0 Å². The van der Waals surface area contributed by atoms with Crippen molar-refractivity contribution < 1.29 is 26.6 Å². The number of rotatable bonds is 3. The fourth-order valence-electron chi connectivity index (χ4n) is 4.08. The number of halogens is 4. The van der Waals surface area contributed by atoms with Gasteiger partial charge in [-0.25, -0.2) is 9.97 Å². The minimum Gasteiger partial charge on any atom is -0.351 e. The number of amides is 1. The molecule has 2 saturated heterocycles. The second kappa shape index (κ2) is 8.62. The molecule has 1 amide bonds. The van der Waals surface area contributed by atoms with E-state index < -0.39 is 27.4 Å². The summed E-state index contributed by atoms with van der Waals surface area (Å²) in [6, 6.07) is 2.48. The molecule has 4 rings (SSSR count). The highest BCUT2D eigenvalue weighted by atomic mass is 32.2. The van der Waals surface area contributed by atoms with E-state index in [1.54, 1.807) is 15.9 Å². The standard InChI is InChI=1S/C20H22F4N4O2S2/c1-32(30)8-4-13(5-9-32)19(29)28-7-6-27(12-14(28)15-2-3-17(21)31-15)18-11-25-16(10-26-18)20(22,23)24/h2-3,10-11,13-14H,1,4-9,12H2. The van der Waals surface area contributed by atoms with E-state index in [1.165, 1.54) is 6.07 Å². The highest BCUT2D eigenvalue weighted by Gasteiger charge is 2.38. The zero-order valence-corrected chi connectivity index (χ0v) is 18.7. The molecule has 2 aromatic rings. The average molecular weight is 491 g/mol. The molecule has 174 valence electrons. The Kier molecular flexibility index (Phi) is 6.19. The maximum absolute atomic E-state index is 13.8. The molecule has 0 aliphatic carbocycles. The van der Waals surface area contributed by atoms with E-state index in [-0.39, 0.29) is 29.3 Å². The zero-order valence-electron chi connectivity index (χ0n) is 17.1. The van der Waals surface area contributed by atoms with E-state index >= 15 is 0 Å². The second-order valence-electron chi connectivity index (χ2n) is 8.04. The molecule has 0 bridgehead atoms. The highest BCUT2D eigenvalue weighted by molar-refractivity contribution is 8.00. The van der Waals surface area contributed by atoms with E-state index in [2.05, 4.69) is 15.8 Å². The van der Waals surface area contributed by atoms with Crippen LogP contribution in [0.1, 0.15) is 29.5 Å². The number of nitrogens with zero attached hydrogens (tertiary/aromatic N) is 4. The number of piperazine rings is 1. The van der Waals surface area contributed by atoms with Crippen LogP contribution in [0.2, 0.25) is 0 Å². The van der Waals surface area contributed by atoms with Gasteiger partial charge in [0.1, 0.15) is 5.82 Å². The number of carbonyl (C=O) groups excluding carboxylic acids is 1. The molecule has 1 unspecified atom stereocenters. The van der Waals surface area contributed by atoms with Crippen molar-refractivity contribution in [2.24, 2.45) is 5.92 Å². The second-order valence-corrected chi connectivity index (χ2v) is 11.9. The third kappa shape index (κ3) is 4.90. The SMILES string of the molecule is C=S1(=O)CCC(C(=O)N2CCN(c3cnc(C(F)(F)F)cn3)CC2c2ccc(F)s2)CC1. The number of anilines is 1. The topological polar surface area (TPSA) is 66.4 Å². The molecule has 32 heavy (non-hydrogen) atoms. The molecule has 0 radical (unpaired) electrons. The number of thiophene rings is 1. The Hall–Kier alpha value is -2.21. The third-order valence-electron chi connectivity index (χ3n) is 5.86. The van der Waals surface area contributed by atoms with E-state index in [4.69, 9.17) is 0 Å². The normalized spacial score (nSPS) is 26.9. The van der Waals surface area contributed by atoms with E-state index in [1.807, 2.05) is 0 Å². The van der Waals surface area contributed by atoms with Crippen LogP contribution in [0, 0.1) is 11.0 Å². The van der Waals surface area contributed by atoms with Crippen molar-refractivity contribution in [3.05, 3.63) is 40.2 Å². The Labute approximate surface area is 187 Å². The quantitative estimate of drug-likeness (QED) is 0.488. The van der Waals surface area contributed by atoms with Crippen molar-refractivity contribution >= 4 is 38.5 Å². The van der Waals surface area contributed by atoms with Crippen LogP contribution in [0.15, 0.2) is 24.5 Å². The van der Waals surface area contributed by atoms with Crippen molar-refractivity contribution in [1.82, 2.24) is 14.9 Å². The lowest BCUT2D eigenvalue weighted by molar-refractivity contribution is -0.141. The van der Waals surface area contributed by atoms with Gasteiger partial charge in [0, 0.05) is 41.9 Å². The lowest BCUT2D eigenvalue weighted by Crippen LogP contribution is -2.53. The smallest absolute Gasteiger partial charge is 0.351 e. The van der Waals surface area contributed by atoms with Crippen molar-refractivity contribution in [2.45, 2.75) is 25.1 Å². The molecule has 2 aromatic heterocycles. The summed E-state index contributed by atoms with van der Waals surface area (Å²) < 4.78 is 64.3. The predicted octanol–water partition coefficient (Wildman–Crippen LogP) is 3.21. The van der Waals surface area contributed by atoms with E-state index in [0.717, 1.165) is 17.5 Å².